The number of fused-ring (bicyclic) bond motifs is 1. The standard InChI is InChI=1S/C14H20N5O11P3/c1-3-14(5-28-32(24,25)30-33(26,27)29-31(21,22)23)8(2)9(4-10(14)20)19-7-18-11-12(15)16-6-17-13(11)19/h1,6-10,20H,4-5H2,2H3,(H,24,25)(H,26,27)(H2,15,16,17)(H2,21,22,23)/t8?,9-,10-,14+/m0/s1. The summed E-state index contributed by atoms with van der Waals surface area (Å²) in [6, 6.07) is -0.514. The van der Waals surface area contributed by atoms with Crippen LogP contribution < -0.4 is 5.73 Å². The first-order valence-electron chi connectivity index (χ1n) is 8.98. The first kappa shape index (κ1) is 25.9. The van der Waals surface area contributed by atoms with Crippen LogP contribution in [0.5, 0.6) is 0 Å². The fourth-order valence-electron chi connectivity index (χ4n) is 3.75. The minimum absolute atomic E-state index is 0.0560. The minimum atomic E-state index is -5.70. The van der Waals surface area contributed by atoms with Gasteiger partial charge < -0.3 is 35.0 Å². The number of hydrogen-bond donors (Lipinski definition) is 6. The molecule has 0 amide bonds. The van der Waals surface area contributed by atoms with Gasteiger partial charge in [-0.1, -0.05) is 12.8 Å². The summed E-state index contributed by atoms with van der Waals surface area (Å²) in [4.78, 5) is 48.4. The maximum atomic E-state index is 12.1. The smallest absolute Gasteiger partial charge is 0.391 e. The molecule has 0 spiro atoms. The monoisotopic (exact) mass is 527 g/mol. The van der Waals surface area contributed by atoms with Gasteiger partial charge in [0.15, 0.2) is 11.5 Å². The number of aliphatic hydroxyl groups excluding tert-OH is 1. The summed E-state index contributed by atoms with van der Waals surface area (Å²) < 4.78 is 48.1. The zero-order chi connectivity index (χ0) is 24.8. The highest BCUT2D eigenvalue weighted by Gasteiger charge is 2.54. The molecule has 6 atom stereocenters. The first-order valence-corrected chi connectivity index (χ1v) is 13.5. The highest BCUT2D eigenvalue weighted by atomic mass is 31.3. The molecule has 2 aromatic heterocycles. The Kier molecular flexibility index (Phi) is 6.91. The summed E-state index contributed by atoms with van der Waals surface area (Å²) in [5, 5.41) is 10.7. The molecule has 1 aliphatic rings. The number of hydrogen-bond acceptors (Lipinski definition) is 11. The Morgan fingerprint density at radius 2 is 1.88 bits per heavy atom. The fraction of sp³-hybridized carbons (Fsp3) is 0.500. The van der Waals surface area contributed by atoms with Crippen molar-refractivity contribution in [2.75, 3.05) is 12.3 Å². The van der Waals surface area contributed by atoms with E-state index in [0.717, 1.165) is 0 Å². The van der Waals surface area contributed by atoms with Gasteiger partial charge in [-0.05, 0) is 12.3 Å². The maximum Gasteiger partial charge on any atom is 0.490 e. The van der Waals surface area contributed by atoms with Gasteiger partial charge in [-0.25, -0.2) is 28.6 Å². The second-order valence-electron chi connectivity index (χ2n) is 7.24. The van der Waals surface area contributed by atoms with Crippen molar-refractivity contribution < 1.29 is 51.5 Å². The number of phosphoric ester groups is 1. The number of rotatable bonds is 8. The lowest BCUT2D eigenvalue weighted by Gasteiger charge is -2.32. The lowest BCUT2D eigenvalue weighted by atomic mass is 9.78. The van der Waals surface area contributed by atoms with Crippen molar-refractivity contribution in [3.05, 3.63) is 12.7 Å². The van der Waals surface area contributed by atoms with Crippen LogP contribution >= 0.6 is 23.5 Å². The molecule has 3 rings (SSSR count). The fourth-order valence-corrected chi connectivity index (χ4v) is 6.82. The lowest BCUT2D eigenvalue weighted by molar-refractivity contribution is 0.0247. The van der Waals surface area contributed by atoms with Gasteiger partial charge in [-0.15, -0.1) is 6.42 Å². The summed E-state index contributed by atoms with van der Waals surface area (Å²) in [6.07, 6.45) is 7.08. The van der Waals surface area contributed by atoms with Crippen LogP contribution in [-0.4, -0.2) is 56.9 Å². The molecule has 16 nitrogen and oxygen atoms in total. The lowest BCUT2D eigenvalue weighted by Crippen LogP contribution is -2.38. The van der Waals surface area contributed by atoms with Gasteiger partial charge in [0, 0.05) is 6.04 Å². The zero-order valence-electron chi connectivity index (χ0n) is 16.8. The van der Waals surface area contributed by atoms with E-state index in [9.17, 15) is 28.6 Å². The van der Waals surface area contributed by atoms with Gasteiger partial charge in [-0.3, -0.25) is 4.52 Å². The third kappa shape index (κ3) is 5.35. The van der Waals surface area contributed by atoms with Gasteiger partial charge >= 0.3 is 23.5 Å². The number of nitrogens with zero attached hydrogens (tertiary/aromatic N) is 4. The van der Waals surface area contributed by atoms with Crippen LogP contribution in [0.15, 0.2) is 12.7 Å². The molecule has 182 valence electrons. The van der Waals surface area contributed by atoms with Crippen LogP contribution in [0.2, 0.25) is 0 Å². The largest absolute Gasteiger partial charge is 0.490 e. The van der Waals surface area contributed by atoms with Crippen molar-refractivity contribution in [3.8, 4) is 12.3 Å². The van der Waals surface area contributed by atoms with Crippen LogP contribution in [0.4, 0.5) is 5.82 Å². The zero-order valence-corrected chi connectivity index (χ0v) is 19.5. The molecule has 0 aromatic carbocycles. The van der Waals surface area contributed by atoms with Crippen molar-refractivity contribution in [2.45, 2.75) is 25.5 Å². The van der Waals surface area contributed by atoms with E-state index < -0.39 is 53.6 Å². The molecule has 0 saturated heterocycles. The van der Waals surface area contributed by atoms with E-state index in [1.54, 1.807) is 11.5 Å². The van der Waals surface area contributed by atoms with E-state index in [4.69, 9.17) is 26.5 Å². The van der Waals surface area contributed by atoms with Gasteiger partial charge in [0.2, 0.25) is 0 Å². The summed E-state index contributed by atoms with van der Waals surface area (Å²) in [7, 11) is -16.7. The van der Waals surface area contributed by atoms with Gasteiger partial charge in [0.1, 0.15) is 11.8 Å². The van der Waals surface area contributed by atoms with E-state index in [2.05, 4.69) is 29.5 Å². The van der Waals surface area contributed by atoms with E-state index in [1.165, 1.54) is 12.7 Å². The molecular weight excluding hydrogens is 507 g/mol. The van der Waals surface area contributed by atoms with Crippen LogP contribution in [0, 0.1) is 23.7 Å². The summed E-state index contributed by atoms with van der Waals surface area (Å²) in [5.74, 6) is 1.87. The van der Waals surface area contributed by atoms with E-state index >= 15 is 0 Å². The predicted octanol–water partition coefficient (Wildman–Crippen LogP) is 0.313. The number of aliphatic hydroxyl groups is 1. The Hall–Kier alpha value is -1.72. The normalized spacial score (nSPS) is 29.4. The Morgan fingerprint density at radius 1 is 1.21 bits per heavy atom. The third-order valence-corrected chi connectivity index (χ3v) is 9.13. The van der Waals surface area contributed by atoms with Crippen molar-refractivity contribution in [1.29, 1.82) is 0 Å². The van der Waals surface area contributed by atoms with E-state index in [0.29, 0.717) is 11.2 Å². The molecule has 0 aliphatic heterocycles. The van der Waals surface area contributed by atoms with Crippen molar-refractivity contribution in [2.24, 2.45) is 11.3 Å². The minimum Gasteiger partial charge on any atom is -0.391 e. The Labute approximate surface area is 186 Å². The van der Waals surface area contributed by atoms with Crippen LogP contribution in [0.25, 0.3) is 11.2 Å². The Bertz CT molecular complexity index is 1240. The number of aromatic nitrogens is 4. The number of phosphoric acid groups is 3. The molecule has 1 fully saturated rings. The van der Waals surface area contributed by atoms with Crippen LogP contribution in [0.1, 0.15) is 19.4 Å². The number of anilines is 1. The molecule has 2 heterocycles. The third-order valence-electron chi connectivity index (χ3n) is 5.34. The van der Waals surface area contributed by atoms with E-state index in [-0.39, 0.29) is 12.2 Å². The van der Waals surface area contributed by atoms with Crippen LogP contribution in [-0.2, 0) is 26.8 Å². The van der Waals surface area contributed by atoms with Crippen molar-refractivity contribution in [1.82, 2.24) is 19.5 Å². The topological polar surface area (TPSA) is 250 Å². The second kappa shape index (κ2) is 8.81. The molecule has 7 N–H and O–H groups in total. The number of imidazole rings is 1. The molecule has 33 heavy (non-hydrogen) atoms. The second-order valence-corrected chi connectivity index (χ2v) is 11.7. The molecule has 2 aromatic rings. The molecular formula is C14H20N5O11P3. The maximum absolute atomic E-state index is 12.1. The summed E-state index contributed by atoms with van der Waals surface area (Å²) in [6.45, 7) is 0.813. The van der Waals surface area contributed by atoms with Gasteiger partial charge in [-0.2, -0.15) is 8.62 Å². The highest BCUT2D eigenvalue weighted by molar-refractivity contribution is 7.66. The van der Waals surface area contributed by atoms with Crippen molar-refractivity contribution >= 4 is 40.4 Å². The van der Waals surface area contributed by atoms with Gasteiger partial charge in [0.25, 0.3) is 0 Å². The quantitative estimate of drug-likeness (QED) is 0.200. The number of terminal acetylenes is 1. The highest BCUT2D eigenvalue weighted by Crippen LogP contribution is 2.67. The number of nitrogens with two attached hydrogens (primary N) is 1. The summed E-state index contributed by atoms with van der Waals surface area (Å²) in [5.41, 5.74) is 4.90. The molecule has 1 saturated carbocycles. The molecule has 1 aliphatic carbocycles. The average Bonchev–Trinajstić information content (AvgIpc) is 3.18. The molecule has 3 unspecified atom stereocenters. The Morgan fingerprint density at radius 3 is 2.48 bits per heavy atom. The average molecular weight is 527 g/mol. The summed E-state index contributed by atoms with van der Waals surface area (Å²) >= 11 is 0. The SMILES string of the molecule is C#C[C@@]1(COP(=O)(O)OP(=O)(O)OP(=O)(O)O)C(C)[C@@H](n2cnc3c(N)ncnc32)C[C@@H]1O. The predicted molar refractivity (Wildman–Crippen MR) is 110 cm³/mol. The molecule has 19 heteroatoms. The Balaban J connectivity index is 1.82. The van der Waals surface area contributed by atoms with Crippen LogP contribution in [0.3, 0.4) is 0 Å². The number of nitrogen functional groups attached to an aromatic ring is 1. The molecule has 0 bridgehead atoms. The first-order chi connectivity index (χ1) is 15.1. The van der Waals surface area contributed by atoms with Gasteiger partial charge in [0.05, 0.1) is 24.5 Å². The molecule has 0 radical (unpaired) electrons. The van der Waals surface area contributed by atoms with Crippen molar-refractivity contribution in [3.63, 3.8) is 0 Å². The van der Waals surface area contributed by atoms with E-state index in [1.807, 2.05) is 0 Å².